The van der Waals surface area contributed by atoms with Gasteiger partial charge in [-0.25, -0.2) is 0 Å². The summed E-state index contributed by atoms with van der Waals surface area (Å²) in [5.41, 5.74) is 0.963. The van der Waals surface area contributed by atoms with E-state index in [-0.39, 0.29) is 0 Å². The van der Waals surface area contributed by atoms with E-state index in [4.69, 9.17) is 0 Å². The van der Waals surface area contributed by atoms with Crippen LogP contribution in [-0.2, 0) is 6.54 Å². The van der Waals surface area contributed by atoms with Gasteiger partial charge in [0, 0.05) is 19.6 Å². The standard InChI is InChI=1S/C20H36N2OS/c1-18(6-4-9-20(2,3)23)7-12-21-10-5-11-22(14-13-21)16-19-8-15-24-17-19/h8,15,17-18,23H,4-7,9-14,16H2,1-3H3. The van der Waals surface area contributed by atoms with Gasteiger partial charge in [0.25, 0.3) is 0 Å². The molecule has 1 N–H and O–H groups in total. The molecule has 0 radical (unpaired) electrons. The van der Waals surface area contributed by atoms with Crippen molar-refractivity contribution >= 4 is 11.3 Å². The fourth-order valence-electron chi connectivity index (χ4n) is 3.48. The van der Waals surface area contributed by atoms with Crippen LogP contribution >= 0.6 is 11.3 Å². The average Bonchev–Trinajstić information content (AvgIpc) is 2.90. The Kier molecular flexibility index (Phi) is 8.21. The third kappa shape index (κ3) is 8.11. The van der Waals surface area contributed by atoms with Crippen LogP contribution in [0.1, 0.15) is 58.4 Å². The highest BCUT2D eigenvalue weighted by molar-refractivity contribution is 7.07. The molecule has 2 rings (SSSR count). The number of hydrogen-bond donors (Lipinski definition) is 1. The van der Waals surface area contributed by atoms with Gasteiger partial charge in [0.1, 0.15) is 0 Å². The van der Waals surface area contributed by atoms with Gasteiger partial charge in [0.15, 0.2) is 0 Å². The Balaban J connectivity index is 1.61. The van der Waals surface area contributed by atoms with Crippen molar-refractivity contribution in [2.45, 2.75) is 65.0 Å². The molecule has 0 aliphatic carbocycles. The predicted molar refractivity (Wildman–Crippen MR) is 105 cm³/mol. The van der Waals surface area contributed by atoms with Crippen molar-refractivity contribution in [1.82, 2.24) is 9.80 Å². The van der Waals surface area contributed by atoms with Crippen LogP contribution < -0.4 is 0 Å². The molecule has 0 bridgehead atoms. The second-order valence-corrected chi connectivity index (χ2v) is 8.98. The first-order valence-corrected chi connectivity index (χ1v) is 10.5. The molecule has 1 aromatic rings. The third-order valence-corrected chi connectivity index (χ3v) is 5.82. The summed E-state index contributed by atoms with van der Waals surface area (Å²) < 4.78 is 0. The van der Waals surface area contributed by atoms with Gasteiger partial charge in [-0.15, -0.1) is 0 Å². The summed E-state index contributed by atoms with van der Waals surface area (Å²) in [6, 6.07) is 2.25. The van der Waals surface area contributed by atoms with Gasteiger partial charge in [-0.2, -0.15) is 11.3 Å². The SMILES string of the molecule is CC(CCCC(C)(C)O)CCN1CCCN(Cc2ccsc2)CC1. The number of hydrogen-bond acceptors (Lipinski definition) is 4. The molecule has 0 saturated carbocycles. The van der Waals surface area contributed by atoms with Crippen molar-refractivity contribution in [2.24, 2.45) is 5.92 Å². The molecule has 2 heterocycles. The highest BCUT2D eigenvalue weighted by Crippen LogP contribution is 2.18. The molecule has 1 unspecified atom stereocenters. The van der Waals surface area contributed by atoms with Crippen molar-refractivity contribution < 1.29 is 5.11 Å². The third-order valence-electron chi connectivity index (χ3n) is 5.09. The van der Waals surface area contributed by atoms with E-state index in [0.29, 0.717) is 0 Å². The van der Waals surface area contributed by atoms with Crippen LogP contribution in [0.2, 0.25) is 0 Å². The molecule has 0 amide bonds. The largest absolute Gasteiger partial charge is 0.390 e. The molecule has 3 nitrogen and oxygen atoms in total. The van der Waals surface area contributed by atoms with Gasteiger partial charge in [-0.05, 0) is 81.1 Å². The molecule has 1 aliphatic heterocycles. The maximum absolute atomic E-state index is 9.80. The second kappa shape index (κ2) is 9.91. The predicted octanol–water partition coefficient (Wildman–Crippen LogP) is 4.22. The smallest absolute Gasteiger partial charge is 0.0591 e. The minimum Gasteiger partial charge on any atom is -0.390 e. The van der Waals surface area contributed by atoms with E-state index in [0.717, 1.165) is 25.3 Å². The van der Waals surface area contributed by atoms with Crippen LogP contribution in [0.5, 0.6) is 0 Å². The Bertz CT molecular complexity index is 441. The van der Waals surface area contributed by atoms with E-state index in [1.807, 2.05) is 13.8 Å². The van der Waals surface area contributed by atoms with Gasteiger partial charge in [0.05, 0.1) is 5.60 Å². The Morgan fingerprint density at radius 1 is 1.17 bits per heavy atom. The van der Waals surface area contributed by atoms with Crippen molar-refractivity contribution in [2.75, 3.05) is 32.7 Å². The van der Waals surface area contributed by atoms with E-state index in [1.165, 1.54) is 57.5 Å². The molecule has 0 aromatic carbocycles. The molecule has 1 saturated heterocycles. The van der Waals surface area contributed by atoms with E-state index in [2.05, 4.69) is 33.6 Å². The minimum absolute atomic E-state index is 0.504. The first kappa shape index (κ1) is 19.9. The lowest BCUT2D eigenvalue weighted by Gasteiger charge is -2.23. The molecule has 138 valence electrons. The van der Waals surface area contributed by atoms with Gasteiger partial charge >= 0.3 is 0 Å². The Morgan fingerprint density at radius 3 is 2.62 bits per heavy atom. The van der Waals surface area contributed by atoms with E-state index in [1.54, 1.807) is 11.3 Å². The summed E-state index contributed by atoms with van der Waals surface area (Å²) in [5.74, 6) is 0.762. The van der Waals surface area contributed by atoms with Crippen molar-refractivity contribution in [3.8, 4) is 0 Å². The summed E-state index contributed by atoms with van der Waals surface area (Å²) in [7, 11) is 0. The van der Waals surface area contributed by atoms with Crippen LogP contribution in [0.4, 0.5) is 0 Å². The monoisotopic (exact) mass is 352 g/mol. The van der Waals surface area contributed by atoms with Crippen molar-refractivity contribution in [1.29, 1.82) is 0 Å². The molecule has 1 aliphatic rings. The molecular formula is C20H36N2OS. The zero-order valence-corrected chi connectivity index (χ0v) is 16.7. The van der Waals surface area contributed by atoms with Gasteiger partial charge in [-0.1, -0.05) is 19.8 Å². The summed E-state index contributed by atoms with van der Waals surface area (Å²) in [6.07, 6.45) is 5.87. The summed E-state index contributed by atoms with van der Waals surface area (Å²) >= 11 is 1.80. The lowest BCUT2D eigenvalue weighted by molar-refractivity contribution is 0.0667. The van der Waals surface area contributed by atoms with Crippen LogP contribution in [0.25, 0.3) is 0 Å². The molecular weight excluding hydrogens is 316 g/mol. The fraction of sp³-hybridized carbons (Fsp3) is 0.800. The van der Waals surface area contributed by atoms with Crippen LogP contribution in [0, 0.1) is 5.92 Å². The zero-order valence-electron chi connectivity index (χ0n) is 15.8. The second-order valence-electron chi connectivity index (χ2n) is 8.20. The molecule has 1 atom stereocenters. The first-order chi connectivity index (χ1) is 11.4. The van der Waals surface area contributed by atoms with Crippen LogP contribution in [0.15, 0.2) is 16.8 Å². The number of thiophene rings is 1. The zero-order chi connectivity index (χ0) is 17.4. The molecule has 0 spiro atoms. The number of nitrogens with zero attached hydrogens (tertiary/aromatic N) is 2. The summed E-state index contributed by atoms with van der Waals surface area (Å²) in [6.45, 7) is 13.4. The highest BCUT2D eigenvalue weighted by atomic mass is 32.1. The lowest BCUT2D eigenvalue weighted by atomic mass is 9.95. The Hall–Kier alpha value is -0.420. The van der Waals surface area contributed by atoms with Gasteiger partial charge in [0.2, 0.25) is 0 Å². The maximum atomic E-state index is 9.80. The van der Waals surface area contributed by atoms with E-state index >= 15 is 0 Å². The summed E-state index contributed by atoms with van der Waals surface area (Å²) in [4.78, 5) is 5.26. The van der Waals surface area contributed by atoms with Crippen molar-refractivity contribution in [3.63, 3.8) is 0 Å². The first-order valence-electron chi connectivity index (χ1n) is 9.60. The van der Waals surface area contributed by atoms with Crippen LogP contribution in [-0.4, -0.2) is 53.2 Å². The summed E-state index contributed by atoms with van der Waals surface area (Å²) in [5, 5.41) is 14.3. The topological polar surface area (TPSA) is 26.7 Å². The number of rotatable bonds is 9. The van der Waals surface area contributed by atoms with Gasteiger partial charge in [-0.3, -0.25) is 4.90 Å². The molecule has 24 heavy (non-hydrogen) atoms. The lowest BCUT2D eigenvalue weighted by Crippen LogP contribution is -2.31. The highest BCUT2D eigenvalue weighted by Gasteiger charge is 2.16. The van der Waals surface area contributed by atoms with Crippen molar-refractivity contribution in [3.05, 3.63) is 22.4 Å². The molecule has 1 fully saturated rings. The quantitative estimate of drug-likeness (QED) is 0.721. The molecule has 1 aromatic heterocycles. The van der Waals surface area contributed by atoms with E-state index in [9.17, 15) is 5.11 Å². The maximum Gasteiger partial charge on any atom is 0.0591 e. The minimum atomic E-state index is -0.504. The van der Waals surface area contributed by atoms with Crippen LogP contribution in [0.3, 0.4) is 0 Å². The normalized spacial score (nSPS) is 19.3. The fourth-order valence-corrected chi connectivity index (χ4v) is 4.14. The number of aliphatic hydroxyl groups is 1. The Morgan fingerprint density at radius 2 is 1.92 bits per heavy atom. The average molecular weight is 353 g/mol. The molecule has 4 heteroatoms. The van der Waals surface area contributed by atoms with Gasteiger partial charge < -0.3 is 10.0 Å². The van der Waals surface area contributed by atoms with E-state index < -0.39 is 5.60 Å². The Labute approximate surface area is 152 Å².